The fourth-order valence-corrected chi connectivity index (χ4v) is 4.65. The van der Waals surface area contributed by atoms with E-state index in [9.17, 15) is 9.59 Å². The van der Waals surface area contributed by atoms with Gasteiger partial charge in [0, 0.05) is 32.2 Å². The molecule has 9 heteroatoms. The molecule has 0 unspecified atom stereocenters. The van der Waals surface area contributed by atoms with Crippen LogP contribution in [0.2, 0.25) is 5.02 Å². The Morgan fingerprint density at radius 3 is 2.67 bits per heavy atom. The Morgan fingerprint density at radius 2 is 1.88 bits per heavy atom. The van der Waals surface area contributed by atoms with Crippen LogP contribution in [0.5, 0.6) is 5.75 Å². The maximum Gasteiger partial charge on any atom is 0.280 e. The predicted octanol–water partition coefficient (Wildman–Crippen LogP) is 3.97. The van der Waals surface area contributed by atoms with Gasteiger partial charge in [-0.05, 0) is 36.2 Å². The zero-order valence-electron chi connectivity index (χ0n) is 18.1. The highest BCUT2D eigenvalue weighted by Gasteiger charge is 2.23. The molecule has 0 saturated carbocycles. The highest BCUT2D eigenvalue weighted by atomic mass is 35.5. The van der Waals surface area contributed by atoms with Crippen molar-refractivity contribution < 1.29 is 4.74 Å². The van der Waals surface area contributed by atoms with E-state index in [1.165, 1.54) is 10.7 Å². The number of benzene rings is 2. The molecule has 5 rings (SSSR count). The van der Waals surface area contributed by atoms with Crippen molar-refractivity contribution in [2.75, 3.05) is 13.7 Å². The van der Waals surface area contributed by atoms with Gasteiger partial charge in [0.2, 0.25) is 0 Å². The molecule has 7 nitrogen and oxygen atoms in total. The first-order valence-corrected chi connectivity index (χ1v) is 10.9. The van der Waals surface area contributed by atoms with Gasteiger partial charge >= 0.3 is 0 Å². The summed E-state index contributed by atoms with van der Waals surface area (Å²) in [5.74, 6) is 0.810. The zero-order chi connectivity index (χ0) is 22.2. The van der Waals surface area contributed by atoms with Crippen LogP contribution in [0, 0.1) is 0 Å². The van der Waals surface area contributed by atoms with Crippen molar-refractivity contribution in [2.24, 2.45) is 0 Å². The van der Waals surface area contributed by atoms with Crippen molar-refractivity contribution in [1.29, 1.82) is 0 Å². The molecular formula is C24H24Cl2N4O3. The molecule has 0 bridgehead atoms. The lowest BCUT2D eigenvalue weighted by molar-refractivity contribution is 0.261. The maximum atomic E-state index is 13.4. The molecule has 0 amide bonds. The van der Waals surface area contributed by atoms with Crippen molar-refractivity contribution in [1.82, 2.24) is 19.2 Å². The van der Waals surface area contributed by atoms with Crippen LogP contribution >= 0.6 is 24.0 Å². The molecule has 2 aromatic carbocycles. The molecule has 0 saturated heterocycles. The number of nitrogens with one attached hydrogen (secondary N) is 1. The number of aromatic nitrogens is 3. The molecule has 3 heterocycles. The van der Waals surface area contributed by atoms with Crippen LogP contribution in [0.25, 0.3) is 16.6 Å². The lowest BCUT2D eigenvalue weighted by Crippen LogP contribution is -2.27. The molecule has 2 aromatic heterocycles. The second-order valence-corrected chi connectivity index (χ2v) is 8.40. The number of hydrogen-bond donors (Lipinski definition) is 1. The maximum absolute atomic E-state index is 13.4. The van der Waals surface area contributed by atoms with Crippen LogP contribution in [0.3, 0.4) is 0 Å². The highest BCUT2D eigenvalue weighted by Crippen LogP contribution is 2.23. The highest BCUT2D eigenvalue weighted by molar-refractivity contribution is 6.32. The summed E-state index contributed by atoms with van der Waals surface area (Å²) in [5, 5.41) is 4.07. The fourth-order valence-electron chi connectivity index (χ4n) is 4.43. The molecule has 0 fully saturated rings. The summed E-state index contributed by atoms with van der Waals surface area (Å²) in [4.78, 5) is 28.6. The zero-order valence-corrected chi connectivity index (χ0v) is 19.7. The second-order valence-electron chi connectivity index (χ2n) is 7.99. The Bertz CT molecular complexity index is 1420. The van der Waals surface area contributed by atoms with E-state index in [1.54, 1.807) is 23.8 Å². The van der Waals surface area contributed by atoms with Gasteiger partial charge in [0.1, 0.15) is 5.75 Å². The SMILES string of the molecule is COc1cccc(CN2CCCn3c(c4c(=O)n(-c5ccccc5Cl)[nH]c4cc3=O)C2)c1.Cl. The summed E-state index contributed by atoms with van der Waals surface area (Å²) in [7, 11) is 1.65. The number of nitrogens with zero attached hydrogens (tertiary/aromatic N) is 3. The largest absolute Gasteiger partial charge is 0.497 e. The number of para-hydroxylation sites is 1. The van der Waals surface area contributed by atoms with Crippen molar-refractivity contribution in [3.05, 3.63) is 91.6 Å². The number of methoxy groups -OCH3 is 1. The van der Waals surface area contributed by atoms with Crippen LogP contribution in [-0.2, 0) is 19.6 Å². The van der Waals surface area contributed by atoms with Gasteiger partial charge in [-0.15, -0.1) is 12.4 Å². The Balaban J connectivity index is 0.00000259. The van der Waals surface area contributed by atoms with Gasteiger partial charge in [0.25, 0.3) is 11.1 Å². The standard InChI is InChI=1S/C24H23ClN4O3.ClH/c1-32-17-7-4-6-16(12-17)14-27-10-5-11-28-21(15-27)23-19(13-22(28)30)26-29(24(23)31)20-9-3-2-8-18(20)25;/h2-4,6-9,12-13,26H,5,10-11,14-15H2,1H3;1H. The molecule has 0 atom stereocenters. The molecule has 1 aliphatic rings. The van der Waals surface area contributed by atoms with Gasteiger partial charge in [-0.3, -0.25) is 19.6 Å². The average molecular weight is 487 g/mol. The number of ether oxygens (including phenoxy) is 1. The van der Waals surface area contributed by atoms with Gasteiger partial charge in [-0.2, -0.15) is 0 Å². The molecular weight excluding hydrogens is 463 g/mol. The number of pyridine rings is 1. The number of H-pyrrole nitrogens is 1. The second kappa shape index (κ2) is 9.47. The Morgan fingerprint density at radius 1 is 1.06 bits per heavy atom. The molecule has 1 N–H and O–H groups in total. The number of aromatic amines is 1. The monoisotopic (exact) mass is 486 g/mol. The quantitative estimate of drug-likeness (QED) is 0.473. The first-order chi connectivity index (χ1) is 15.5. The number of halogens is 2. The Hall–Kier alpha value is -3.00. The molecule has 172 valence electrons. The Labute approximate surface area is 201 Å². The first kappa shape index (κ1) is 23.2. The van der Waals surface area contributed by atoms with Crippen LogP contribution in [-0.4, -0.2) is 32.9 Å². The van der Waals surface area contributed by atoms with Crippen molar-refractivity contribution in [2.45, 2.75) is 26.1 Å². The molecule has 33 heavy (non-hydrogen) atoms. The third-order valence-corrected chi connectivity index (χ3v) is 6.25. The summed E-state index contributed by atoms with van der Waals surface area (Å²) in [5.41, 5.74) is 2.62. The van der Waals surface area contributed by atoms with E-state index in [0.29, 0.717) is 41.2 Å². The van der Waals surface area contributed by atoms with E-state index in [4.69, 9.17) is 16.3 Å². The minimum atomic E-state index is -0.208. The lowest BCUT2D eigenvalue weighted by atomic mass is 10.1. The van der Waals surface area contributed by atoms with E-state index < -0.39 is 0 Å². The summed E-state index contributed by atoms with van der Waals surface area (Å²) >= 11 is 6.33. The van der Waals surface area contributed by atoms with E-state index in [1.807, 2.05) is 30.3 Å². The molecule has 0 radical (unpaired) electrons. The number of hydrogen-bond acceptors (Lipinski definition) is 4. The van der Waals surface area contributed by atoms with Crippen LogP contribution in [0.4, 0.5) is 0 Å². The number of rotatable bonds is 4. The van der Waals surface area contributed by atoms with Gasteiger partial charge in [-0.25, -0.2) is 4.68 Å². The van der Waals surface area contributed by atoms with Gasteiger partial charge < -0.3 is 9.30 Å². The molecule has 0 spiro atoms. The van der Waals surface area contributed by atoms with Gasteiger partial charge in [0.05, 0.1) is 34.4 Å². The molecule has 0 aliphatic carbocycles. The van der Waals surface area contributed by atoms with Gasteiger partial charge in [-0.1, -0.05) is 35.9 Å². The third-order valence-electron chi connectivity index (χ3n) is 5.93. The smallest absolute Gasteiger partial charge is 0.280 e. The summed E-state index contributed by atoms with van der Waals surface area (Å²) in [6.45, 7) is 2.60. The summed E-state index contributed by atoms with van der Waals surface area (Å²) < 4.78 is 8.50. The predicted molar refractivity (Wildman–Crippen MR) is 132 cm³/mol. The summed E-state index contributed by atoms with van der Waals surface area (Å²) in [6, 6.07) is 16.6. The van der Waals surface area contributed by atoms with Gasteiger partial charge in [0.15, 0.2) is 0 Å². The average Bonchev–Trinajstić information content (AvgIpc) is 2.97. The molecule has 4 aromatic rings. The first-order valence-electron chi connectivity index (χ1n) is 10.5. The number of fused-ring (bicyclic) bond motifs is 3. The van der Waals surface area contributed by atoms with Crippen LogP contribution in [0.15, 0.2) is 64.2 Å². The van der Waals surface area contributed by atoms with Crippen molar-refractivity contribution in [3.8, 4) is 11.4 Å². The van der Waals surface area contributed by atoms with Crippen LogP contribution in [0.1, 0.15) is 17.7 Å². The minimum Gasteiger partial charge on any atom is -0.497 e. The van der Waals surface area contributed by atoms with Crippen molar-refractivity contribution >= 4 is 34.9 Å². The van der Waals surface area contributed by atoms with Crippen molar-refractivity contribution in [3.63, 3.8) is 0 Å². The lowest BCUT2D eigenvalue weighted by Gasteiger charge is -2.20. The van der Waals surface area contributed by atoms with Crippen LogP contribution < -0.4 is 15.9 Å². The minimum absolute atomic E-state index is 0. The topological polar surface area (TPSA) is 72.3 Å². The molecule has 1 aliphatic heterocycles. The van der Waals surface area contributed by atoms with E-state index in [-0.39, 0.29) is 23.5 Å². The van der Waals surface area contributed by atoms with E-state index in [2.05, 4.69) is 16.1 Å². The van der Waals surface area contributed by atoms with E-state index >= 15 is 0 Å². The normalized spacial score (nSPS) is 13.9. The fraction of sp³-hybridized carbons (Fsp3) is 0.250. The Kier molecular flexibility index (Phi) is 6.65. The summed E-state index contributed by atoms with van der Waals surface area (Å²) in [6.07, 6.45) is 0.825. The van der Waals surface area contributed by atoms with E-state index in [0.717, 1.165) is 30.0 Å². The third kappa shape index (κ3) is 4.31.